The van der Waals surface area contributed by atoms with Crippen molar-refractivity contribution >= 4 is 19.4 Å². The second-order valence-corrected chi connectivity index (χ2v) is 11.4. The molecule has 0 unspecified atom stereocenters. The molecule has 1 aromatic carbocycles. The molecule has 0 fully saturated rings. The second kappa shape index (κ2) is 7.28. The first-order valence-corrected chi connectivity index (χ1v) is 10.3. The van der Waals surface area contributed by atoms with Crippen LogP contribution in [-0.4, -0.2) is 33.5 Å². The molecule has 21 heavy (non-hydrogen) atoms. The van der Waals surface area contributed by atoms with E-state index in [-0.39, 0.29) is 23.9 Å². The molecule has 2 N–H and O–H groups in total. The predicted molar refractivity (Wildman–Crippen MR) is 83.7 cm³/mol. The summed E-state index contributed by atoms with van der Waals surface area (Å²) in [6.45, 7) is 7.38. The van der Waals surface area contributed by atoms with Gasteiger partial charge in [-0.1, -0.05) is 19.6 Å². The average molecular weight is 314 g/mol. The summed E-state index contributed by atoms with van der Waals surface area (Å²) in [4.78, 5) is 10.3. The van der Waals surface area contributed by atoms with Gasteiger partial charge >= 0.3 is 0 Å². The molecule has 0 spiro atoms. The van der Waals surface area contributed by atoms with Crippen molar-refractivity contribution in [3.05, 3.63) is 22.2 Å². The first kappa shape index (κ1) is 17.2. The van der Waals surface area contributed by atoms with E-state index in [1.165, 1.54) is 19.2 Å². The number of nitro groups is 1. The zero-order chi connectivity index (χ0) is 16.0. The molecule has 0 heterocycles. The van der Waals surface area contributed by atoms with E-state index in [4.69, 9.17) is 19.9 Å². The normalized spacial score (nSPS) is 11.2. The summed E-state index contributed by atoms with van der Waals surface area (Å²) in [5, 5.41) is 10.9. The molecule has 0 saturated heterocycles. The maximum atomic E-state index is 10.9. The van der Waals surface area contributed by atoms with Gasteiger partial charge in [-0.2, -0.15) is 0 Å². The minimum absolute atomic E-state index is 0.0158. The van der Waals surface area contributed by atoms with Crippen LogP contribution < -0.4 is 15.2 Å². The Hall–Kier alpha value is -1.80. The minimum Gasteiger partial charge on any atom is -0.493 e. The van der Waals surface area contributed by atoms with Crippen molar-refractivity contribution in [1.82, 2.24) is 0 Å². The Labute approximate surface area is 125 Å². The standard InChI is InChI=1S/C13H22N2O5Si/c1-18-12-7-10(14)11(15(16)17)8-13(12)20-9-19-5-6-21(2,3)4/h7-8H,5-6,9,14H2,1-4H3. The summed E-state index contributed by atoms with van der Waals surface area (Å²) in [5.74, 6) is 0.582. The number of anilines is 1. The van der Waals surface area contributed by atoms with Gasteiger partial charge in [0.05, 0.1) is 18.1 Å². The van der Waals surface area contributed by atoms with Crippen LogP contribution in [0.2, 0.25) is 25.7 Å². The van der Waals surface area contributed by atoms with Crippen molar-refractivity contribution in [2.45, 2.75) is 25.7 Å². The van der Waals surface area contributed by atoms with Crippen LogP contribution in [0.1, 0.15) is 0 Å². The molecule has 0 saturated carbocycles. The number of nitrogens with zero attached hydrogens (tertiary/aromatic N) is 1. The third kappa shape index (κ3) is 5.60. The number of nitro benzene ring substituents is 1. The molecular formula is C13H22N2O5Si. The number of methoxy groups -OCH3 is 1. The molecular weight excluding hydrogens is 292 g/mol. The molecule has 0 aliphatic carbocycles. The fraction of sp³-hybridized carbons (Fsp3) is 0.538. The van der Waals surface area contributed by atoms with Crippen molar-refractivity contribution in [3.63, 3.8) is 0 Å². The number of nitrogen functional groups attached to an aromatic ring is 1. The Morgan fingerprint density at radius 3 is 2.48 bits per heavy atom. The van der Waals surface area contributed by atoms with E-state index in [0.717, 1.165) is 6.04 Å². The molecule has 0 aliphatic heterocycles. The number of rotatable bonds is 8. The van der Waals surface area contributed by atoms with Gasteiger partial charge in [-0.3, -0.25) is 10.1 Å². The molecule has 8 heteroatoms. The molecule has 7 nitrogen and oxygen atoms in total. The van der Waals surface area contributed by atoms with Gasteiger partial charge in [0.1, 0.15) is 5.69 Å². The summed E-state index contributed by atoms with van der Waals surface area (Å²) >= 11 is 0. The van der Waals surface area contributed by atoms with Crippen LogP contribution in [0.4, 0.5) is 11.4 Å². The Kier molecular flexibility index (Phi) is 5.98. The van der Waals surface area contributed by atoms with Crippen molar-refractivity contribution in [2.24, 2.45) is 0 Å². The van der Waals surface area contributed by atoms with E-state index in [1.54, 1.807) is 0 Å². The molecule has 0 bridgehead atoms. The third-order valence-electron chi connectivity index (χ3n) is 2.80. The van der Waals surface area contributed by atoms with E-state index < -0.39 is 13.0 Å². The lowest BCUT2D eigenvalue weighted by atomic mass is 10.2. The van der Waals surface area contributed by atoms with Gasteiger partial charge in [-0.05, 0) is 6.04 Å². The van der Waals surface area contributed by atoms with Gasteiger partial charge < -0.3 is 19.9 Å². The van der Waals surface area contributed by atoms with Crippen LogP contribution in [0.15, 0.2) is 12.1 Å². The van der Waals surface area contributed by atoms with Gasteiger partial charge in [-0.15, -0.1) is 0 Å². The fourth-order valence-corrected chi connectivity index (χ4v) is 2.29. The summed E-state index contributed by atoms with van der Waals surface area (Å²) in [7, 11) is 0.297. The largest absolute Gasteiger partial charge is 0.493 e. The van der Waals surface area contributed by atoms with E-state index in [1.807, 2.05) is 0 Å². The van der Waals surface area contributed by atoms with Gasteiger partial charge in [0, 0.05) is 20.7 Å². The number of benzene rings is 1. The molecule has 0 amide bonds. The Balaban J connectivity index is 2.65. The van der Waals surface area contributed by atoms with Crippen molar-refractivity contribution < 1.29 is 19.1 Å². The predicted octanol–water partition coefficient (Wildman–Crippen LogP) is 2.88. The van der Waals surface area contributed by atoms with Crippen LogP contribution in [0.3, 0.4) is 0 Å². The average Bonchev–Trinajstić information content (AvgIpc) is 2.37. The van der Waals surface area contributed by atoms with Gasteiger partial charge in [0.15, 0.2) is 18.3 Å². The SMILES string of the molecule is COc1cc(N)c([N+](=O)[O-])cc1OCOCC[Si](C)(C)C. The summed E-state index contributed by atoms with van der Waals surface area (Å²) in [6.07, 6.45) is 0. The summed E-state index contributed by atoms with van der Waals surface area (Å²) in [6, 6.07) is 3.64. The highest BCUT2D eigenvalue weighted by Gasteiger charge is 2.18. The van der Waals surface area contributed by atoms with Gasteiger partial charge in [0.25, 0.3) is 5.69 Å². The Bertz CT molecular complexity index is 502. The second-order valence-electron chi connectivity index (χ2n) is 5.80. The number of ether oxygens (including phenoxy) is 3. The topological polar surface area (TPSA) is 96.9 Å². The zero-order valence-electron chi connectivity index (χ0n) is 12.8. The van der Waals surface area contributed by atoms with E-state index in [9.17, 15) is 10.1 Å². The summed E-state index contributed by atoms with van der Waals surface area (Å²) in [5.41, 5.74) is 5.40. The maximum absolute atomic E-state index is 10.9. The van der Waals surface area contributed by atoms with Crippen molar-refractivity contribution in [3.8, 4) is 11.5 Å². The van der Waals surface area contributed by atoms with E-state index in [2.05, 4.69) is 19.6 Å². The molecule has 0 atom stereocenters. The molecule has 1 rings (SSSR count). The molecule has 0 aliphatic rings. The Morgan fingerprint density at radius 2 is 1.95 bits per heavy atom. The van der Waals surface area contributed by atoms with Crippen molar-refractivity contribution in [2.75, 3.05) is 26.2 Å². The van der Waals surface area contributed by atoms with E-state index in [0.29, 0.717) is 12.4 Å². The van der Waals surface area contributed by atoms with Gasteiger partial charge in [-0.25, -0.2) is 0 Å². The monoisotopic (exact) mass is 314 g/mol. The lowest BCUT2D eigenvalue weighted by Crippen LogP contribution is -2.22. The Morgan fingerprint density at radius 1 is 1.29 bits per heavy atom. The highest BCUT2D eigenvalue weighted by Crippen LogP contribution is 2.36. The van der Waals surface area contributed by atoms with Crippen LogP contribution in [0.25, 0.3) is 0 Å². The van der Waals surface area contributed by atoms with Gasteiger partial charge in [0.2, 0.25) is 0 Å². The lowest BCUT2D eigenvalue weighted by molar-refractivity contribution is -0.384. The first-order chi connectivity index (χ1) is 9.74. The molecule has 1 aromatic rings. The number of hydrogen-bond acceptors (Lipinski definition) is 6. The van der Waals surface area contributed by atoms with Crippen LogP contribution in [0, 0.1) is 10.1 Å². The van der Waals surface area contributed by atoms with Crippen LogP contribution in [0.5, 0.6) is 11.5 Å². The zero-order valence-corrected chi connectivity index (χ0v) is 13.8. The quantitative estimate of drug-likeness (QED) is 0.198. The van der Waals surface area contributed by atoms with E-state index >= 15 is 0 Å². The molecule has 0 aromatic heterocycles. The molecule has 0 radical (unpaired) electrons. The molecule has 118 valence electrons. The summed E-state index contributed by atoms with van der Waals surface area (Å²) < 4.78 is 15.9. The first-order valence-electron chi connectivity index (χ1n) is 6.57. The lowest BCUT2D eigenvalue weighted by Gasteiger charge is -2.16. The minimum atomic E-state index is -1.15. The van der Waals surface area contributed by atoms with Crippen molar-refractivity contribution in [1.29, 1.82) is 0 Å². The fourth-order valence-electron chi connectivity index (χ4n) is 1.54. The number of nitrogens with two attached hydrogens (primary N) is 1. The smallest absolute Gasteiger partial charge is 0.296 e. The highest BCUT2D eigenvalue weighted by atomic mass is 28.3. The highest BCUT2D eigenvalue weighted by molar-refractivity contribution is 6.76. The van der Waals surface area contributed by atoms with Crippen LogP contribution >= 0.6 is 0 Å². The number of hydrogen-bond donors (Lipinski definition) is 1. The third-order valence-corrected chi connectivity index (χ3v) is 4.51. The maximum Gasteiger partial charge on any atom is 0.296 e. The van der Waals surface area contributed by atoms with Crippen LogP contribution in [-0.2, 0) is 4.74 Å².